The van der Waals surface area contributed by atoms with Gasteiger partial charge in [0.2, 0.25) is 0 Å². The van der Waals surface area contributed by atoms with Crippen molar-refractivity contribution in [1.82, 2.24) is 9.62 Å². The van der Waals surface area contributed by atoms with Gasteiger partial charge in [0.05, 0.1) is 0 Å². The highest BCUT2D eigenvalue weighted by Gasteiger charge is 2.27. The summed E-state index contributed by atoms with van der Waals surface area (Å²) in [6, 6.07) is 10.8. The molecule has 158 valence electrons. The zero-order chi connectivity index (χ0) is 20.7. The van der Waals surface area contributed by atoms with Gasteiger partial charge in [0, 0.05) is 43.3 Å². The van der Waals surface area contributed by atoms with E-state index in [1.807, 2.05) is 25.1 Å². The predicted molar refractivity (Wildman–Crippen MR) is 116 cm³/mol. The van der Waals surface area contributed by atoms with Crippen LogP contribution < -0.4 is 5.32 Å². The van der Waals surface area contributed by atoms with Crippen LogP contribution in [-0.4, -0.2) is 51.5 Å². The molecule has 1 aliphatic heterocycles. The molecule has 1 aliphatic rings. The maximum Gasteiger partial charge on any atom is 0.252 e. The van der Waals surface area contributed by atoms with E-state index in [0.29, 0.717) is 42.6 Å². The molecule has 1 aromatic carbocycles. The molecule has 0 unspecified atom stereocenters. The number of amides is 1. The molecule has 8 heteroatoms. The molecular formula is C21H28N2O4S2. The number of sulfonamides is 1. The van der Waals surface area contributed by atoms with Crippen molar-refractivity contribution < 1.29 is 17.9 Å². The molecule has 1 amide bonds. The topological polar surface area (TPSA) is 75.7 Å². The van der Waals surface area contributed by atoms with Crippen LogP contribution in [0.2, 0.25) is 0 Å². The lowest BCUT2D eigenvalue weighted by atomic mass is 10.1. The van der Waals surface area contributed by atoms with Gasteiger partial charge >= 0.3 is 0 Å². The Morgan fingerprint density at radius 3 is 2.52 bits per heavy atom. The molecule has 29 heavy (non-hydrogen) atoms. The summed E-state index contributed by atoms with van der Waals surface area (Å²) < 4.78 is 32.9. The van der Waals surface area contributed by atoms with Crippen molar-refractivity contribution in [2.24, 2.45) is 0 Å². The average Bonchev–Trinajstić information content (AvgIpc) is 3.25. The van der Waals surface area contributed by atoms with E-state index in [1.165, 1.54) is 11.3 Å². The maximum absolute atomic E-state index is 12.8. The molecule has 1 aromatic heterocycles. The van der Waals surface area contributed by atoms with E-state index in [-0.39, 0.29) is 5.91 Å². The molecule has 6 nitrogen and oxygen atoms in total. The molecule has 0 radical (unpaired) electrons. The molecule has 0 aliphatic carbocycles. The van der Waals surface area contributed by atoms with Gasteiger partial charge < -0.3 is 10.1 Å². The SMILES string of the molecule is CCOCCCNC(=O)c1ccc(-c2ccc(S(=O)(=O)N3CCCCC3)s2)cc1. The van der Waals surface area contributed by atoms with E-state index < -0.39 is 10.0 Å². The molecule has 1 saturated heterocycles. The molecular weight excluding hydrogens is 408 g/mol. The van der Waals surface area contributed by atoms with E-state index >= 15 is 0 Å². The molecule has 1 fully saturated rings. The van der Waals surface area contributed by atoms with Crippen LogP contribution in [0.5, 0.6) is 0 Å². The van der Waals surface area contributed by atoms with Crippen molar-refractivity contribution in [3.05, 3.63) is 42.0 Å². The van der Waals surface area contributed by atoms with Gasteiger partial charge in [0.15, 0.2) is 0 Å². The van der Waals surface area contributed by atoms with E-state index in [4.69, 9.17) is 4.74 Å². The fourth-order valence-electron chi connectivity index (χ4n) is 3.25. The average molecular weight is 437 g/mol. The number of nitrogens with zero attached hydrogens (tertiary/aromatic N) is 1. The third-order valence-corrected chi connectivity index (χ3v) is 8.38. The van der Waals surface area contributed by atoms with Crippen LogP contribution in [0.1, 0.15) is 43.0 Å². The Balaban J connectivity index is 1.62. The van der Waals surface area contributed by atoms with Crippen LogP contribution in [0.25, 0.3) is 10.4 Å². The largest absolute Gasteiger partial charge is 0.382 e. The number of hydrogen-bond acceptors (Lipinski definition) is 5. The van der Waals surface area contributed by atoms with E-state index in [1.54, 1.807) is 22.5 Å². The second-order valence-electron chi connectivity index (χ2n) is 6.97. The minimum absolute atomic E-state index is 0.118. The zero-order valence-electron chi connectivity index (χ0n) is 16.7. The first-order valence-electron chi connectivity index (χ1n) is 10.1. The Labute approximate surface area is 176 Å². The third-order valence-electron chi connectivity index (χ3n) is 4.88. The predicted octanol–water partition coefficient (Wildman–Crippen LogP) is 3.75. The highest BCUT2D eigenvalue weighted by atomic mass is 32.2. The molecule has 0 saturated carbocycles. The van der Waals surface area contributed by atoms with Gasteiger partial charge in [-0.2, -0.15) is 4.31 Å². The molecule has 0 atom stereocenters. The number of rotatable bonds is 9. The first-order valence-corrected chi connectivity index (χ1v) is 12.3. The van der Waals surface area contributed by atoms with Crippen molar-refractivity contribution in [3.8, 4) is 10.4 Å². The summed E-state index contributed by atoms with van der Waals surface area (Å²) >= 11 is 1.28. The van der Waals surface area contributed by atoms with Gasteiger partial charge in [0.1, 0.15) is 4.21 Å². The first kappa shape index (κ1) is 22.0. The Morgan fingerprint density at radius 2 is 1.83 bits per heavy atom. The molecule has 0 bridgehead atoms. The van der Waals surface area contributed by atoms with Crippen LogP contribution in [0.3, 0.4) is 0 Å². The minimum atomic E-state index is -3.41. The highest BCUT2D eigenvalue weighted by molar-refractivity contribution is 7.91. The first-order chi connectivity index (χ1) is 14.0. The van der Waals surface area contributed by atoms with Crippen molar-refractivity contribution in [1.29, 1.82) is 0 Å². The molecule has 0 spiro atoms. The monoisotopic (exact) mass is 436 g/mol. The Kier molecular flexibility index (Phi) is 7.83. The molecule has 3 rings (SSSR count). The Bertz CT molecular complexity index is 901. The van der Waals surface area contributed by atoms with Crippen molar-refractivity contribution in [3.63, 3.8) is 0 Å². The quantitative estimate of drug-likeness (QED) is 0.608. The van der Waals surface area contributed by atoms with Crippen molar-refractivity contribution in [2.75, 3.05) is 32.8 Å². The fraction of sp³-hybridized carbons (Fsp3) is 0.476. The standard InChI is InChI=1S/C21H28N2O4S2/c1-2-27-16-6-13-22-21(24)18-9-7-17(8-10-18)19-11-12-20(28-19)29(25,26)23-14-4-3-5-15-23/h7-12H,2-6,13-16H2,1H3,(H,22,24). The molecule has 1 N–H and O–H groups in total. The summed E-state index contributed by atoms with van der Waals surface area (Å²) in [7, 11) is -3.41. The van der Waals surface area contributed by atoms with Crippen LogP contribution in [0.15, 0.2) is 40.6 Å². The second kappa shape index (κ2) is 10.3. The van der Waals surface area contributed by atoms with Crippen LogP contribution in [0, 0.1) is 0 Å². The normalized spacial score (nSPS) is 15.3. The maximum atomic E-state index is 12.8. The van der Waals surface area contributed by atoms with Gasteiger partial charge in [-0.1, -0.05) is 18.6 Å². The number of benzene rings is 1. The summed E-state index contributed by atoms with van der Waals surface area (Å²) in [5, 5.41) is 2.88. The summed E-state index contributed by atoms with van der Waals surface area (Å²) in [6.07, 6.45) is 3.72. The number of ether oxygens (including phenoxy) is 1. The smallest absolute Gasteiger partial charge is 0.252 e. The Hall–Kier alpha value is -1.74. The van der Waals surface area contributed by atoms with E-state index in [2.05, 4.69) is 5.32 Å². The lowest BCUT2D eigenvalue weighted by molar-refractivity contribution is 0.0944. The molecule has 2 aromatic rings. The number of piperidine rings is 1. The lowest BCUT2D eigenvalue weighted by Gasteiger charge is -2.25. The van der Waals surface area contributed by atoms with Gasteiger partial charge in [-0.25, -0.2) is 8.42 Å². The zero-order valence-corrected chi connectivity index (χ0v) is 18.4. The molecule has 2 heterocycles. The number of carbonyl (C=O) groups is 1. The second-order valence-corrected chi connectivity index (χ2v) is 10.2. The summed E-state index contributed by atoms with van der Waals surface area (Å²) in [4.78, 5) is 13.1. The van der Waals surface area contributed by atoms with Crippen LogP contribution >= 0.6 is 11.3 Å². The van der Waals surface area contributed by atoms with Crippen LogP contribution in [0.4, 0.5) is 0 Å². The number of carbonyl (C=O) groups excluding carboxylic acids is 1. The van der Waals surface area contributed by atoms with Gasteiger partial charge in [-0.05, 0) is 56.0 Å². The Morgan fingerprint density at radius 1 is 1.10 bits per heavy atom. The minimum Gasteiger partial charge on any atom is -0.382 e. The van der Waals surface area contributed by atoms with Gasteiger partial charge in [-0.15, -0.1) is 11.3 Å². The highest BCUT2D eigenvalue weighted by Crippen LogP contribution is 2.33. The van der Waals surface area contributed by atoms with Crippen molar-refractivity contribution >= 4 is 27.3 Å². The van der Waals surface area contributed by atoms with E-state index in [9.17, 15) is 13.2 Å². The fourth-order valence-corrected chi connectivity index (χ4v) is 6.24. The summed E-state index contributed by atoms with van der Waals surface area (Å²) in [5.41, 5.74) is 1.49. The number of hydrogen-bond donors (Lipinski definition) is 1. The van der Waals surface area contributed by atoms with Crippen molar-refractivity contribution in [2.45, 2.75) is 36.8 Å². The lowest BCUT2D eigenvalue weighted by Crippen LogP contribution is -2.35. The number of nitrogens with one attached hydrogen (secondary N) is 1. The van der Waals surface area contributed by atoms with Crippen LogP contribution in [-0.2, 0) is 14.8 Å². The van der Waals surface area contributed by atoms with E-state index in [0.717, 1.165) is 36.1 Å². The number of thiophene rings is 1. The van der Waals surface area contributed by atoms with Gasteiger partial charge in [-0.3, -0.25) is 4.79 Å². The third kappa shape index (κ3) is 5.66. The summed E-state index contributed by atoms with van der Waals surface area (Å²) in [6.45, 7) is 5.03. The summed E-state index contributed by atoms with van der Waals surface area (Å²) in [5.74, 6) is -0.118. The van der Waals surface area contributed by atoms with Gasteiger partial charge in [0.25, 0.3) is 15.9 Å².